The molecule has 0 radical (unpaired) electrons. The molecule has 1 aliphatic rings. The number of hydrogen-bond acceptors (Lipinski definition) is 3. The second-order valence-electron chi connectivity index (χ2n) is 14.0. The van der Waals surface area contributed by atoms with Gasteiger partial charge in [-0.1, -0.05) is 129 Å². The quantitative estimate of drug-likeness (QED) is 0.185. The number of aromatic nitrogens is 1. The summed E-state index contributed by atoms with van der Waals surface area (Å²) < 4.78 is 6.29. The predicted molar refractivity (Wildman–Crippen MR) is 212 cm³/mol. The molecule has 3 nitrogen and oxygen atoms in total. The Morgan fingerprint density at radius 2 is 1.16 bits per heavy atom. The standard InChI is InChI=1S/C48H34N2O/c1-48(2)41-19-11-9-17-36(41)39-28-38(33-15-7-4-8-16-33)44(29-42(39)48)50(34-23-21-32(22-24-34)31-13-5-3-6-14-31)35-25-26-43-40(27-35)47-37-18-10-12-20-45(37)51-46(47)30-49-43/h3-30H,1-2H3. The van der Waals surface area contributed by atoms with Crippen molar-refractivity contribution in [3.63, 3.8) is 0 Å². The first-order valence-electron chi connectivity index (χ1n) is 17.5. The summed E-state index contributed by atoms with van der Waals surface area (Å²) in [4.78, 5) is 7.27. The van der Waals surface area contributed by atoms with Crippen LogP contribution in [0.15, 0.2) is 174 Å². The molecule has 242 valence electrons. The smallest absolute Gasteiger partial charge is 0.154 e. The third kappa shape index (κ3) is 4.62. The van der Waals surface area contributed by atoms with Gasteiger partial charge in [0, 0.05) is 38.5 Å². The van der Waals surface area contributed by atoms with E-state index in [9.17, 15) is 0 Å². The van der Waals surface area contributed by atoms with Crippen LogP contribution >= 0.6 is 0 Å². The third-order valence-electron chi connectivity index (χ3n) is 10.7. The molecule has 0 spiro atoms. The molecule has 2 heterocycles. The summed E-state index contributed by atoms with van der Waals surface area (Å²) in [6.45, 7) is 4.70. The van der Waals surface area contributed by atoms with Crippen molar-refractivity contribution in [2.24, 2.45) is 0 Å². The fraction of sp³-hybridized carbons (Fsp3) is 0.0625. The number of fused-ring (bicyclic) bond motifs is 8. The molecule has 0 bridgehead atoms. The maximum Gasteiger partial charge on any atom is 0.154 e. The fourth-order valence-corrected chi connectivity index (χ4v) is 8.17. The molecule has 7 aromatic carbocycles. The lowest BCUT2D eigenvalue weighted by atomic mass is 9.81. The molecule has 2 aromatic heterocycles. The number of furan rings is 1. The average molecular weight is 655 g/mol. The van der Waals surface area contributed by atoms with Gasteiger partial charge in [0.2, 0.25) is 0 Å². The highest BCUT2D eigenvalue weighted by Crippen LogP contribution is 2.53. The molecule has 51 heavy (non-hydrogen) atoms. The summed E-state index contributed by atoms with van der Waals surface area (Å²) in [5, 5.41) is 3.25. The summed E-state index contributed by atoms with van der Waals surface area (Å²) >= 11 is 0. The molecule has 0 unspecified atom stereocenters. The van der Waals surface area contributed by atoms with Crippen LogP contribution in [0.1, 0.15) is 25.0 Å². The molecule has 3 heteroatoms. The van der Waals surface area contributed by atoms with E-state index in [2.05, 4.69) is 170 Å². The van der Waals surface area contributed by atoms with E-state index in [0.29, 0.717) is 0 Å². The average Bonchev–Trinajstić information content (AvgIpc) is 3.68. The van der Waals surface area contributed by atoms with E-state index >= 15 is 0 Å². The number of anilines is 3. The van der Waals surface area contributed by atoms with Gasteiger partial charge in [0.15, 0.2) is 5.58 Å². The first-order chi connectivity index (χ1) is 25.0. The fourth-order valence-electron chi connectivity index (χ4n) is 8.17. The minimum absolute atomic E-state index is 0.159. The van der Waals surface area contributed by atoms with Crippen molar-refractivity contribution >= 4 is 49.9 Å². The number of hydrogen-bond donors (Lipinski definition) is 0. The topological polar surface area (TPSA) is 29.3 Å². The van der Waals surface area contributed by atoms with Crippen LogP contribution < -0.4 is 4.90 Å². The third-order valence-corrected chi connectivity index (χ3v) is 10.7. The van der Waals surface area contributed by atoms with E-state index in [4.69, 9.17) is 9.40 Å². The summed E-state index contributed by atoms with van der Waals surface area (Å²) in [6.07, 6.45) is 1.85. The second-order valence-corrected chi connectivity index (χ2v) is 14.0. The van der Waals surface area contributed by atoms with Crippen LogP contribution in [0.5, 0.6) is 0 Å². The molecule has 0 fully saturated rings. The van der Waals surface area contributed by atoms with E-state index in [-0.39, 0.29) is 5.41 Å². The van der Waals surface area contributed by atoms with Gasteiger partial charge in [0.05, 0.1) is 17.4 Å². The number of para-hydroxylation sites is 1. The first kappa shape index (κ1) is 29.5. The normalized spacial score (nSPS) is 13.1. The largest absolute Gasteiger partial charge is 0.454 e. The van der Waals surface area contributed by atoms with Crippen LogP contribution in [0.4, 0.5) is 17.1 Å². The summed E-state index contributed by atoms with van der Waals surface area (Å²) in [6, 6.07) is 59.0. The van der Waals surface area contributed by atoms with Gasteiger partial charge in [-0.3, -0.25) is 4.98 Å². The Hall–Kier alpha value is -6.45. The molecule has 0 N–H and O–H groups in total. The van der Waals surface area contributed by atoms with Gasteiger partial charge in [-0.15, -0.1) is 0 Å². The Morgan fingerprint density at radius 3 is 1.96 bits per heavy atom. The summed E-state index contributed by atoms with van der Waals surface area (Å²) in [5.74, 6) is 0. The van der Waals surface area contributed by atoms with E-state index in [0.717, 1.165) is 49.9 Å². The van der Waals surface area contributed by atoms with E-state index in [1.165, 1.54) is 44.5 Å². The van der Waals surface area contributed by atoms with E-state index in [1.54, 1.807) is 0 Å². The SMILES string of the molecule is CC1(C)c2ccccc2-c2cc(-c3ccccc3)c(N(c3ccc(-c4ccccc4)cc3)c3ccc4ncc5oc6ccccc6c5c4c3)cc21. The Balaban J connectivity index is 1.26. The monoisotopic (exact) mass is 654 g/mol. The zero-order valence-corrected chi connectivity index (χ0v) is 28.5. The molecule has 0 saturated heterocycles. The molecule has 10 rings (SSSR count). The van der Waals surface area contributed by atoms with Crippen LogP contribution in [-0.2, 0) is 5.41 Å². The molecular formula is C48H34N2O. The molecule has 0 aliphatic heterocycles. The predicted octanol–water partition coefficient (Wildman–Crippen LogP) is 13.2. The van der Waals surface area contributed by atoms with E-state index < -0.39 is 0 Å². The lowest BCUT2D eigenvalue weighted by Gasteiger charge is -2.31. The van der Waals surface area contributed by atoms with Gasteiger partial charge in [-0.25, -0.2) is 0 Å². The number of benzene rings is 7. The van der Waals surface area contributed by atoms with Gasteiger partial charge in [0.25, 0.3) is 0 Å². The van der Waals surface area contributed by atoms with Crippen molar-refractivity contribution in [2.45, 2.75) is 19.3 Å². The minimum Gasteiger partial charge on any atom is -0.454 e. The molecule has 0 saturated carbocycles. The van der Waals surface area contributed by atoms with Crippen LogP contribution in [0.2, 0.25) is 0 Å². The Bertz CT molecular complexity index is 2760. The zero-order chi connectivity index (χ0) is 34.1. The van der Waals surface area contributed by atoms with Crippen LogP contribution in [0.25, 0.3) is 66.2 Å². The molecule has 0 atom stereocenters. The maximum atomic E-state index is 6.29. The summed E-state index contributed by atoms with van der Waals surface area (Å²) in [5.41, 5.74) is 15.7. The molecular weight excluding hydrogens is 621 g/mol. The number of nitrogens with zero attached hydrogens (tertiary/aromatic N) is 2. The number of pyridine rings is 1. The van der Waals surface area contributed by atoms with Crippen molar-refractivity contribution in [1.29, 1.82) is 0 Å². The Kier molecular flexibility index (Phi) is 6.53. The zero-order valence-electron chi connectivity index (χ0n) is 28.5. The van der Waals surface area contributed by atoms with Gasteiger partial charge in [-0.2, -0.15) is 0 Å². The van der Waals surface area contributed by atoms with Crippen LogP contribution in [0, 0.1) is 0 Å². The van der Waals surface area contributed by atoms with Gasteiger partial charge in [0.1, 0.15) is 5.58 Å². The van der Waals surface area contributed by atoms with Crippen molar-refractivity contribution in [3.8, 4) is 33.4 Å². The van der Waals surface area contributed by atoms with Crippen molar-refractivity contribution in [1.82, 2.24) is 4.98 Å². The van der Waals surface area contributed by atoms with Crippen LogP contribution in [0.3, 0.4) is 0 Å². The lowest BCUT2D eigenvalue weighted by Crippen LogP contribution is -2.17. The van der Waals surface area contributed by atoms with Gasteiger partial charge >= 0.3 is 0 Å². The molecule has 0 amide bonds. The summed E-state index contributed by atoms with van der Waals surface area (Å²) in [7, 11) is 0. The Labute approximate surface area is 297 Å². The van der Waals surface area contributed by atoms with Crippen molar-refractivity contribution in [2.75, 3.05) is 4.90 Å². The Morgan fingerprint density at radius 1 is 0.490 bits per heavy atom. The number of rotatable bonds is 5. The van der Waals surface area contributed by atoms with Gasteiger partial charge < -0.3 is 9.32 Å². The lowest BCUT2D eigenvalue weighted by molar-refractivity contribution is 0.660. The first-order valence-corrected chi connectivity index (χ1v) is 17.5. The maximum absolute atomic E-state index is 6.29. The highest BCUT2D eigenvalue weighted by Gasteiger charge is 2.37. The highest BCUT2D eigenvalue weighted by molar-refractivity contribution is 6.18. The molecule has 1 aliphatic carbocycles. The highest BCUT2D eigenvalue weighted by atomic mass is 16.3. The second kappa shape index (κ2) is 11.3. The van der Waals surface area contributed by atoms with Crippen molar-refractivity contribution in [3.05, 3.63) is 181 Å². The molecule has 9 aromatic rings. The van der Waals surface area contributed by atoms with E-state index in [1.807, 2.05) is 18.3 Å². The minimum atomic E-state index is -0.159. The van der Waals surface area contributed by atoms with Crippen molar-refractivity contribution < 1.29 is 4.42 Å². The van der Waals surface area contributed by atoms with Crippen LogP contribution in [-0.4, -0.2) is 4.98 Å². The van der Waals surface area contributed by atoms with Gasteiger partial charge in [-0.05, 0) is 87.5 Å².